The lowest BCUT2D eigenvalue weighted by molar-refractivity contribution is 0.210. The maximum Gasteiger partial charge on any atom is 0.269 e. The van der Waals surface area contributed by atoms with Crippen LogP contribution >= 0.6 is 11.3 Å². The Balaban J connectivity index is 1.69. The molecule has 1 heterocycles. The molecule has 0 amide bonds. The van der Waals surface area contributed by atoms with Gasteiger partial charge in [0.2, 0.25) is 0 Å². The highest BCUT2D eigenvalue weighted by Gasteiger charge is 2.32. The van der Waals surface area contributed by atoms with E-state index in [0.717, 1.165) is 21.2 Å². The fourth-order valence-electron chi connectivity index (χ4n) is 3.70. The molecular formula is C26H23F3N2O4S2. The van der Waals surface area contributed by atoms with Gasteiger partial charge in [0, 0.05) is 29.3 Å². The number of halogens is 3. The van der Waals surface area contributed by atoms with Gasteiger partial charge in [0.05, 0.1) is 13.7 Å². The van der Waals surface area contributed by atoms with Crippen LogP contribution in [0.1, 0.15) is 29.7 Å². The number of anilines is 1. The molecule has 1 atom stereocenters. The van der Waals surface area contributed by atoms with Crippen molar-refractivity contribution in [2.75, 3.05) is 11.4 Å². The van der Waals surface area contributed by atoms with E-state index >= 15 is 8.78 Å². The maximum atomic E-state index is 15.2. The predicted molar refractivity (Wildman–Crippen MR) is 135 cm³/mol. The van der Waals surface area contributed by atoms with Gasteiger partial charge in [-0.05, 0) is 43.2 Å². The molecule has 11 heteroatoms. The number of benzene rings is 3. The van der Waals surface area contributed by atoms with E-state index in [1.165, 1.54) is 38.4 Å². The summed E-state index contributed by atoms with van der Waals surface area (Å²) in [7, 11) is -3.08. The van der Waals surface area contributed by atoms with Crippen LogP contribution in [-0.4, -0.2) is 20.5 Å². The van der Waals surface area contributed by atoms with E-state index in [-0.39, 0.29) is 17.2 Å². The second kappa shape index (κ2) is 10.8. The van der Waals surface area contributed by atoms with Gasteiger partial charge in [0.25, 0.3) is 10.0 Å². The maximum absolute atomic E-state index is 15.2. The van der Waals surface area contributed by atoms with Crippen molar-refractivity contribution < 1.29 is 31.1 Å². The van der Waals surface area contributed by atoms with Gasteiger partial charge >= 0.3 is 0 Å². The molecule has 6 nitrogen and oxygen atoms in total. The molecule has 0 saturated heterocycles. The Morgan fingerprint density at radius 2 is 1.78 bits per heavy atom. The van der Waals surface area contributed by atoms with Crippen LogP contribution in [0.3, 0.4) is 0 Å². The van der Waals surface area contributed by atoms with Gasteiger partial charge in [0.15, 0.2) is 16.7 Å². The zero-order valence-electron chi connectivity index (χ0n) is 20.1. The first kappa shape index (κ1) is 26.5. The molecule has 4 rings (SSSR count). The Labute approximate surface area is 217 Å². The van der Waals surface area contributed by atoms with Crippen LogP contribution in [0, 0.1) is 24.4 Å². The fraction of sp³-hybridized carbons (Fsp3) is 0.192. The number of aromatic nitrogens is 1. The highest BCUT2D eigenvalue weighted by Crippen LogP contribution is 2.34. The molecule has 3 aromatic carbocycles. The van der Waals surface area contributed by atoms with Crippen molar-refractivity contribution in [3.63, 3.8) is 0 Å². The van der Waals surface area contributed by atoms with Crippen LogP contribution in [0.4, 0.5) is 18.3 Å². The van der Waals surface area contributed by atoms with Crippen molar-refractivity contribution in [1.29, 1.82) is 0 Å². The second-order valence-electron chi connectivity index (χ2n) is 8.11. The lowest BCUT2D eigenvalue weighted by Crippen LogP contribution is -2.31. The Morgan fingerprint density at radius 1 is 1.03 bits per heavy atom. The number of ether oxygens (including phenoxy) is 2. The average molecular weight is 549 g/mol. The van der Waals surface area contributed by atoms with Crippen molar-refractivity contribution in [2.45, 2.75) is 31.4 Å². The summed E-state index contributed by atoms with van der Waals surface area (Å²) in [6.45, 7) is 3.09. The van der Waals surface area contributed by atoms with Crippen LogP contribution in [0.5, 0.6) is 11.5 Å². The highest BCUT2D eigenvalue weighted by atomic mass is 32.2. The number of thiazole rings is 1. The summed E-state index contributed by atoms with van der Waals surface area (Å²) in [5, 5.41) is 1.67. The van der Waals surface area contributed by atoms with E-state index in [1.807, 2.05) is 0 Å². The lowest BCUT2D eigenvalue weighted by atomic mass is 10.1. The molecule has 0 fully saturated rings. The average Bonchev–Trinajstić information content (AvgIpc) is 3.39. The number of aryl methyl sites for hydroxylation is 1. The first-order valence-electron chi connectivity index (χ1n) is 11.1. The molecule has 0 bridgehead atoms. The number of methoxy groups -OCH3 is 1. The minimum absolute atomic E-state index is 0.0866. The zero-order chi connectivity index (χ0) is 26.7. The summed E-state index contributed by atoms with van der Waals surface area (Å²) in [6, 6.07) is 12.1. The monoisotopic (exact) mass is 548 g/mol. The second-order valence-corrected chi connectivity index (χ2v) is 10.8. The normalized spacial score (nSPS) is 12.3. The summed E-state index contributed by atoms with van der Waals surface area (Å²) >= 11 is 1.04. The summed E-state index contributed by atoms with van der Waals surface area (Å²) in [6.07, 6.45) is 0.462. The van der Waals surface area contributed by atoms with Gasteiger partial charge in [-0.3, -0.25) is 0 Å². The van der Waals surface area contributed by atoms with Crippen LogP contribution in [0.25, 0.3) is 0 Å². The molecule has 0 aliphatic carbocycles. The smallest absolute Gasteiger partial charge is 0.269 e. The number of hydrogen-bond donors (Lipinski definition) is 0. The Bertz CT molecular complexity index is 1510. The number of hydrogen-bond acceptors (Lipinski definition) is 6. The van der Waals surface area contributed by atoms with E-state index < -0.39 is 44.2 Å². The summed E-state index contributed by atoms with van der Waals surface area (Å²) in [5.74, 6) is -2.84. The highest BCUT2D eigenvalue weighted by molar-refractivity contribution is 7.93. The van der Waals surface area contributed by atoms with Gasteiger partial charge in [0.1, 0.15) is 28.4 Å². The molecule has 1 aromatic heterocycles. The third-order valence-corrected chi connectivity index (χ3v) is 8.36. The van der Waals surface area contributed by atoms with Gasteiger partial charge < -0.3 is 9.47 Å². The molecule has 0 aliphatic heterocycles. The molecule has 0 radical (unpaired) electrons. The molecule has 37 heavy (non-hydrogen) atoms. The SMILES string of the molecule is COc1ccc(CN(c2nccs2)S(=O)(=O)c2cc(F)c(O[C@@H](C)c3ccccc3F)cc2F)c(C)c1. The molecule has 0 aliphatic rings. The van der Waals surface area contributed by atoms with Gasteiger partial charge in [-0.1, -0.05) is 24.3 Å². The predicted octanol–water partition coefficient (Wildman–Crippen LogP) is 6.41. The largest absolute Gasteiger partial charge is 0.497 e. The summed E-state index contributed by atoms with van der Waals surface area (Å²) in [5.41, 5.74) is 1.51. The van der Waals surface area contributed by atoms with E-state index in [0.29, 0.717) is 23.4 Å². The molecule has 4 aromatic rings. The molecular weight excluding hydrogens is 525 g/mol. The standard InChI is InChI=1S/C26H23F3N2O4S2/c1-16-12-19(34-3)9-8-18(16)15-31(26-30-10-11-36-26)37(32,33)25-14-22(28)24(13-23(25)29)35-17(2)20-6-4-5-7-21(20)27/h4-14,17H,15H2,1-3H3/t17-/m0/s1. The van der Waals surface area contributed by atoms with Gasteiger partial charge in [-0.25, -0.2) is 30.9 Å². The van der Waals surface area contributed by atoms with Gasteiger partial charge in [-0.2, -0.15) is 0 Å². The number of nitrogens with zero attached hydrogens (tertiary/aromatic N) is 2. The molecule has 194 valence electrons. The minimum atomic E-state index is -4.59. The van der Waals surface area contributed by atoms with Crippen LogP contribution in [0.2, 0.25) is 0 Å². The van der Waals surface area contributed by atoms with Crippen LogP contribution in [0.15, 0.2) is 71.1 Å². The Morgan fingerprint density at radius 3 is 2.43 bits per heavy atom. The van der Waals surface area contributed by atoms with Gasteiger partial charge in [-0.15, -0.1) is 11.3 Å². The first-order valence-corrected chi connectivity index (χ1v) is 13.4. The third kappa shape index (κ3) is 5.57. The lowest BCUT2D eigenvalue weighted by Gasteiger charge is -2.24. The van der Waals surface area contributed by atoms with E-state index in [4.69, 9.17) is 9.47 Å². The van der Waals surface area contributed by atoms with Crippen molar-refractivity contribution in [2.24, 2.45) is 0 Å². The van der Waals surface area contributed by atoms with Crippen molar-refractivity contribution >= 4 is 26.5 Å². The van der Waals surface area contributed by atoms with E-state index in [1.54, 1.807) is 36.6 Å². The van der Waals surface area contributed by atoms with Crippen LogP contribution in [-0.2, 0) is 16.6 Å². The minimum Gasteiger partial charge on any atom is -0.497 e. The Kier molecular flexibility index (Phi) is 7.74. The van der Waals surface area contributed by atoms with E-state index in [9.17, 15) is 12.8 Å². The molecule has 0 N–H and O–H groups in total. The summed E-state index contributed by atoms with van der Waals surface area (Å²) < 4.78 is 83.1. The topological polar surface area (TPSA) is 68.7 Å². The molecule has 0 saturated carbocycles. The Hall–Kier alpha value is -3.57. The van der Waals surface area contributed by atoms with Crippen molar-refractivity contribution in [1.82, 2.24) is 4.98 Å². The molecule has 0 unspecified atom stereocenters. The summed E-state index contributed by atoms with van der Waals surface area (Å²) in [4.78, 5) is 3.21. The quantitative estimate of drug-likeness (QED) is 0.242. The molecule has 0 spiro atoms. The zero-order valence-corrected chi connectivity index (χ0v) is 21.7. The van der Waals surface area contributed by atoms with Crippen molar-refractivity contribution in [3.8, 4) is 11.5 Å². The fourth-order valence-corrected chi connectivity index (χ4v) is 6.03. The third-order valence-electron chi connectivity index (χ3n) is 5.70. The number of rotatable bonds is 9. The number of sulfonamides is 1. The van der Waals surface area contributed by atoms with E-state index in [2.05, 4.69) is 4.98 Å². The van der Waals surface area contributed by atoms with Crippen molar-refractivity contribution in [3.05, 3.63) is 100 Å². The van der Waals surface area contributed by atoms with Crippen LogP contribution < -0.4 is 13.8 Å². The first-order chi connectivity index (χ1) is 17.6.